The van der Waals surface area contributed by atoms with E-state index in [1.54, 1.807) is 6.26 Å². The molecule has 0 unspecified atom stereocenters. The van der Waals surface area contributed by atoms with E-state index in [9.17, 15) is 13.2 Å². The number of furan rings is 1. The summed E-state index contributed by atoms with van der Waals surface area (Å²) in [5.41, 5.74) is -0.839. The van der Waals surface area contributed by atoms with Crippen LogP contribution in [-0.4, -0.2) is 43.8 Å². The van der Waals surface area contributed by atoms with Gasteiger partial charge in [-0.15, -0.1) is 11.3 Å². The van der Waals surface area contributed by atoms with Crippen molar-refractivity contribution >= 4 is 17.3 Å². The van der Waals surface area contributed by atoms with Crippen LogP contribution in [0.2, 0.25) is 0 Å². The first-order valence-corrected chi connectivity index (χ1v) is 10.0. The zero-order valence-corrected chi connectivity index (χ0v) is 16.5. The summed E-state index contributed by atoms with van der Waals surface area (Å²) >= 11 is 1.01. The van der Waals surface area contributed by atoms with E-state index in [-0.39, 0.29) is 0 Å². The number of thiazole rings is 1. The third-order valence-corrected chi connectivity index (χ3v) is 4.55. The molecule has 2 aromatic rings. The van der Waals surface area contributed by atoms with Gasteiger partial charge in [0.05, 0.1) is 11.3 Å². The summed E-state index contributed by atoms with van der Waals surface area (Å²) in [4.78, 5) is 8.11. The predicted octanol–water partition coefficient (Wildman–Crippen LogP) is 3.50. The lowest BCUT2D eigenvalue weighted by Gasteiger charge is -2.12. The molecule has 0 aliphatic heterocycles. The van der Waals surface area contributed by atoms with Crippen molar-refractivity contribution in [1.29, 1.82) is 0 Å². The lowest BCUT2D eigenvalue weighted by atomic mass is 10.3. The summed E-state index contributed by atoms with van der Waals surface area (Å²) in [7, 11) is 0. The third kappa shape index (κ3) is 8.30. The number of halogens is 3. The Morgan fingerprint density at radius 2 is 2.07 bits per heavy atom. The van der Waals surface area contributed by atoms with Gasteiger partial charge in [-0.3, -0.25) is 4.99 Å². The third-order valence-electron chi connectivity index (χ3n) is 3.64. The molecular formula is C18H25F3N4O2S. The number of alkyl halides is 3. The number of aliphatic imine (C=N–C) groups is 1. The Hall–Kier alpha value is -2.07. The lowest BCUT2D eigenvalue weighted by Crippen LogP contribution is -2.39. The molecule has 2 rings (SSSR count). The van der Waals surface area contributed by atoms with E-state index in [0.717, 1.165) is 28.9 Å². The number of nitrogens with one attached hydrogen (secondary N) is 2. The molecule has 0 radical (unpaired) electrons. The van der Waals surface area contributed by atoms with Crippen molar-refractivity contribution in [2.24, 2.45) is 4.99 Å². The SMILES string of the molecule is CCOCCCN=C(NCCc1ccco1)NCCc1nc(C(F)(F)F)cs1. The van der Waals surface area contributed by atoms with Crippen LogP contribution in [-0.2, 0) is 23.8 Å². The summed E-state index contributed by atoms with van der Waals surface area (Å²) < 4.78 is 48.4. The number of guanidine groups is 1. The van der Waals surface area contributed by atoms with E-state index in [2.05, 4.69) is 20.6 Å². The molecule has 2 heterocycles. The Labute approximate surface area is 166 Å². The fraction of sp³-hybridized carbons (Fsp3) is 0.556. The van der Waals surface area contributed by atoms with Gasteiger partial charge >= 0.3 is 6.18 Å². The van der Waals surface area contributed by atoms with Crippen molar-refractivity contribution in [3.63, 3.8) is 0 Å². The molecule has 2 N–H and O–H groups in total. The summed E-state index contributed by atoms with van der Waals surface area (Å²) in [6, 6.07) is 3.73. The van der Waals surface area contributed by atoms with Crippen molar-refractivity contribution in [2.45, 2.75) is 32.4 Å². The highest BCUT2D eigenvalue weighted by molar-refractivity contribution is 7.09. The molecule has 0 atom stereocenters. The summed E-state index contributed by atoms with van der Waals surface area (Å²) in [6.07, 6.45) is -0.894. The fourth-order valence-corrected chi connectivity index (χ4v) is 3.08. The number of rotatable bonds is 11. The second-order valence-electron chi connectivity index (χ2n) is 5.84. The van der Waals surface area contributed by atoms with Gasteiger partial charge in [0.25, 0.3) is 0 Å². The van der Waals surface area contributed by atoms with Gasteiger partial charge in [-0.05, 0) is 25.5 Å². The van der Waals surface area contributed by atoms with E-state index >= 15 is 0 Å². The zero-order chi connectivity index (χ0) is 20.2. The number of nitrogens with zero attached hydrogens (tertiary/aromatic N) is 2. The summed E-state index contributed by atoms with van der Waals surface area (Å²) in [6.45, 7) is 4.90. The van der Waals surface area contributed by atoms with Crippen molar-refractivity contribution < 1.29 is 22.3 Å². The van der Waals surface area contributed by atoms with Gasteiger partial charge in [0.2, 0.25) is 0 Å². The van der Waals surface area contributed by atoms with E-state index in [4.69, 9.17) is 9.15 Å². The number of aromatic nitrogens is 1. The van der Waals surface area contributed by atoms with Gasteiger partial charge in [-0.2, -0.15) is 13.2 Å². The smallest absolute Gasteiger partial charge is 0.434 e. The standard InChI is InChI=1S/C18H25F3N4O2S/c1-2-26-11-4-8-22-17(23-9-6-14-5-3-12-27-14)24-10-7-16-25-15(13-28-16)18(19,20)21/h3,5,12-13H,2,4,6-11H2,1H3,(H2,22,23,24). The molecule has 0 fully saturated rings. The quantitative estimate of drug-likeness (QED) is 0.332. The average molecular weight is 418 g/mol. The molecule has 0 saturated carbocycles. The molecule has 0 amide bonds. The van der Waals surface area contributed by atoms with Crippen LogP contribution in [0.15, 0.2) is 33.2 Å². The fourth-order valence-electron chi connectivity index (χ4n) is 2.28. The summed E-state index contributed by atoms with van der Waals surface area (Å²) in [5.74, 6) is 1.47. The van der Waals surface area contributed by atoms with Crippen LogP contribution in [0, 0.1) is 0 Å². The van der Waals surface area contributed by atoms with Crippen LogP contribution in [0.1, 0.15) is 29.8 Å². The van der Waals surface area contributed by atoms with Crippen LogP contribution < -0.4 is 10.6 Å². The minimum absolute atomic E-state index is 0.387. The molecule has 0 spiro atoms. The maximum atomic E-state index is 12.6. The first-order chi connectivity index (χ1) is 13.5. The monoisotopic (exact) mass is 418 g/mol. The molecule has 0 saturated heterocycles. The highest BCUT2D eigenvalue weighted by Gasteiger charge is 2.33. The van der Waals surface area contributed by atoms with E-state index in [1.165, 1.54) is 0 Å². The first-order valence-electron chi connectivity index (χ1n) is 9.13. The molecule has 0 aliphatic carbocycles. The van der Waals surface area contributed by atoms with Crippen LogP contribution >= 0.6 is 11.3 Å². The van der Waals surface area contributed by atoms with Crippen molar-refractivity contribution in [1.82, 2.24) is 15.6 Å². The van der Waals surface area contributed by atoms with E-state index in [0.29, 0.717) is 56.7 Å². The molecular weight excluding hydrogens is 393 g/mol. The Bertz CT molecular complexity index is 702. The topological polar surface area (TPSA) is 71.7 Å². The van der Waals surface area contributed by atoms with E-state index in [1.807, 2.05) is 19.1 Å². The maximum absolute atomic E-state index is 12.6. The van der Waals surface area contributed by atoms with E-state index < -0.39 is 11.9 Å². The Morgan fingerprint density at radius 1 is 1.29 bits per heavy atom. The molecule has 0 aromatic carbocycles. The number of hydrogen-bond acceptors (Lipinski definition) is 5. The molecule has 10 heteroatoms. The molecule has 0 bridgehead atoms. The van der Waals surface area contributed by atoms with Crippen molar-refractivity contribution in [3.05, 3.63) is 40.2 Å². The van der Waals surface area contributed by atoms with Gasteiger partial charge in [-0.25, -0.2) is 4.98 Å². The second kappa shape index (κ2) is 11.7. The average Bonchev–Trinajstić information content (AvgIpc) is 3.32. The highest BCUT2D eigenvalue weighted by atomic mass is 32.1. The molecule has 0 aliphatic rings. The predicted molar refractivity (Wildman–Crippen MR) is 103 cm³/mol. The van der Waals surface area contributed by atoms with Crippen LogP contribution in [0.25, 0.3) is 0 Å². The number of hydrogen-bond donors (Lipinski definition) is 2. The Morgan fingerprint density at radius 3 is 2.71 bits per heavy atom. The van der Waals surface area contributed by atoms with Crippen molar-refractivity contribution in [2.75, 3.05) is 32.8 Å². The molecule has 156 valence electrons. The Kier molecular flexibility index (Phi) is 9.29. The molecule has 2 aromatic heterocycles. The van der Waals surface area contributed by atoms with Crippen LogP contribution in [0.3, 0.4) is 0 Å². The van der Waals surface area contributed by atoms with Gasteiger partial charge in [0.1, 0.15) is 5.76 Å². The minimum atomic E-state index is -4.40. The second-order valence-corrected chi connectivity index (χ2v) is 6.78. The normalized spacial score (nSPS) is 12.4. The zero-order valence-electron chi connectivity index (χ0n) is 15.7. The van der Waals surface area contributed by atoms with Crippen molar-refractivity contribution in [3.8, 4) is 0 Å². The molecule has 28 heavy (non-hydrogen) atoms. The largest absolute Gasteiger partial charge is 0.469 e. The van der Waals surface area contributed by atoms with Gasteiger partial charge in [0, 0.05) is 51.1 Å². The van der Waals surface area contributed by atoms with Gasteiger partial charge in [0.15, 0.2) is 11.7 Å². The van der Waals surface area contributed by atoms with Crippen LogP contribution in [0.4, 0.5) is 13.2 Å². The maximum Gasteiger partial charge on any atom is 0.434 e. The first kappa shape index (κ1) is 22.2. The number of ether oxygens (including phenoxy) is 1. The molecule has 6 nitrogen and oxygen atoms in total. The minimum Gasteiger partial charge on any atom is -0.469 e. The van der Waals surface area contributed by atoms with Gasteiger partial charge < -0.3 is 19.8 Å². The van der Waals surface area contributed by atoms with Crippen LogP contribution in [0.5, 0.6) is 0 Å². The highest BCUT2D eigenvalue weighted by Crippen LogP contribution is 2.29. The van der Waals surface area contributed by atoms with Gasteiger partial charge in [-0.1, -0.05) is 0 Å². The Balaban J connectivity index is 1.79. The summed E-state index contributed by atoms with van der Waals surface area (Å²) in [5, 5.41) is 7.82. The lowest BCUT2D eigenvalue weighted by molar-refractivity contribution is -0.140.